The van der Waals surface area contributed by atoms with Crippen LogP contribution in [0.4, 0.5) is 0 Å². The zero-order chi connectivity index (χ0) is 13.5. The van der Waals surface area contributed by atoms with E-state index in [2.05, 4.69) is 0 Å². The molecule has 0 amide bonds. The Labute approximate surface area is 106 Å². The van der Waals surface area contributed by atoms with E-state index in [-0.39, 0.29) is 22.5 Å². The van der Waals surface area contributed by atoms with Crippen LogP contribution in [-0.2, 0) is 48.3 Å². The predicted octanol–water partition coefficient (Wildman–Crippen LogP) is -3.81. The van der Waals surface area contributed by atoms with Crippen molar-refractivity contribution >= 4 is 31.2 Å². The van der Waals surface area contributed by atoms with Gasteiger partial charge in [0.1, 0.15) is 0 Å². The van der Waals surface area contributed by atoms with Gasteiger partial charge in [0.25, 0.3) is 0 Å². The van der Waals surface area contributed by atoms with E-state index in [1.54, 1.807) is 0 Å². The van der Waals surface area contributed by atoms with Crippen LogP contribution >= 0.6 is 0 Å². The Morgan fingerprint density at radius 1 is 0.588 bits per heavy atom. The van der Waals surface area contributed by atoms with Crippen molar-refractivity contribution in [1.29, 1.82) is 0 Å². The third-order valence-electron chi connectivity index (χ3n) is 0. The third-order valence-corrected chi connectivity index (χ3v) is 0. The molecule has 109 valence electrons. The molecule has 0 spiro atoms. The molecular formula is H5FeO13S3. The van der Waals surface area contributed by atoms with Gasteiger partial charge >= 0.3 is 17.1 Å². The summed E-state index contributed by atoms with van der Waals surface area (Å²) in [6.45, 7) is 0. The Bertz CT molecular complexity index is 338. The average molecular weight is 365 g/mol. The van der Waals surface area contributed by atoms with Crippen LogP contribution in [0.15, 0.2) is 0 Å². The van der Waals surface area contributed by atoms with Crippen LogP contribution in [0.5, 0.6) is 0 Å². The van der Waals surface area contributed by atoms with E-state index in [1.807, 2.05) is 0 Å². The van der Waals surface area contributed by atoms with E-state index in [4.69, 9.17) is 52.6 Å². The first kappa shape index (κ1) is 30.3. The predicted molar refractivity (Wildman–Crippen MR) is 40.6 cm³/mol. The molecule has 17 heteroatoms. The van der Waals surface area contributed by atoms with Crippen molar-refractivity contribution in [3.05, 3.63) is 0 Å². The molecule has 5 N–H and O–H groups in total. The maximum Gasteiger partial charge on any atom is 3.00 e. The van der Waals surface area contributed by atoms with Gasteiger partial charge in [-0.25, -0.2) is 25.3 Å². The van der Waals surface area contributed by atoms with Crippen LogP contribution < -0.4 is 0 Å². The van der Waals surface area contributed by atoms with E-state index >= 15 is 0 Å². The summed E-state index contributed by atoms with van der Waals surface area (Å²) in [6.07, 6.45) is 0. The zero-order valence-corrected chi connectivity index (χ0v) is 10.6. The standard InChI is InChI=1S/Fe.3H2O4S.H2O/c;3*1-5(2,3)4;/h;3*(H2,1,2,3,4);1H2/q+3;;;;/p-3. The van der Waals surface area contributed by atoms with Crippen molar-refractivity contribution in [3.8, 4) is 0 Å². The van der Waals surface area contributed by atoms with Gasteiger partial charge in [-0.2, -0.15) is 0 Å². The molecule has 0 aromatic rings. The third kappa shape index (κ3) is 399000. The Morgan fingerprint density at radius 2 is 0.588 bits per heavy atom. The second-order valence-corrected chi connectivity index (χ2v) is 3.85. The van der Waals surface area contributed by atoms with Crippen molar-refractivity contribution in [2.75, 3.05) is 0 Å². The van der Waals surface area contributed by atoms with Gasteiger partial charge in [0.05, 0.1) is 0 Å². The molecule has 17 heavy (non-hydrogen) atoms. The molecule has 0 atom stereocenters. The van der Waals surface area contributed by atoms with E-state index in [0.717, 1.165) is 0 Å². The Morgan fingerprint density at radius 3 is 0.588 bits per heavy atom. The van der Waals surface area contributed by atoms with Gasteiger partial charge < -0.3 is 19.1 Å². The minimum atomic E-state index is -4.92. The number of rotatable bonds is 0. The fourth-order valence-corrected chi connectivity index (χ4v) is 0. The molecule has 0 rings (SSSR count). The van der Waals surface area contributed by atoms with Crippen LogP contribution in [0.3, 0.4) is 0 Å². The number of hydrogen-bond donors (Lipinski definition) is 3. The molecule has 0 saturated heterocycles. The van der Waals surface area contributed by atoms with Gasteiger partial charge in [-0.15, -0.1) is 0 Å². The molecule has 0 aliphatic heterocycles. The largest absolute Gasteiger partial charge is 3.00 e. The molecular weight excluding hydrogens is 360 g/mol. The van der Waals surface area contributed by atoms with Crippen molar-refractivity contribution in [3.63, 3.8) is 0 Å². The van der Waals surface area contributed by atoms with Crippen molar-refractivity contribution < 1.29 is 75.1 Å². The summed E-state index contributed by atoms with van der Waals surface area (Å²) in [5, 5.41) is 0. The SMILES string of the molecule is O.O=S(=O)([O-])O.O=S(=O)([O-])O.O=S(=O)([O-])O.[Fe+3]. The van der Waals surface area contributed by atoms with Crippen molar-refractivity contribution in [2.24, 2.45) is 0 Å². The Balaban J connectivity index is -0.0000000400. The molecule has 0 aliphatic carbocycles. The zero-order valence-electron chi connectivity index (χ0n) is 7.09. The molecule has 0 aromatic carbocycles. The van der Waals surface area contributed by atoms with Crippen LogP contribution in [0, 0.1) is 0 Å². The van der Waals surface area contributed by atoms with E-state index in [1.165, 1.54) is 0 Å². The van der Waals surface area contributed by atoms with Crippen LogP contribution in [-0.4, -0.2) is 58.0 Å². The maximum atomic E-state index is 8.63. The topological polar surface area (TPSA) is 264 Å². The summed E-state index contributed by atoms with van der Waals surface area (Å²) in [4.78, 5) is 0. The van der Waals surface area contributed by atoms with E-state index in [0.29, 0.717) is 0 Å². The minimum Gasteiger partial charge on any atom is -0.726 e. The molecule has 0 aromatic heterocycles. The summed E-state index contributed by atoms with van der Waals surface area (Å²) in [7, 11) is -14.7. The van der Waals surface area contributed by atoms with Gasteiger partial charge in [-0.05, 0) is 0 Å². The second-order valence-electron chi connectivity index (χ2n) is 1.28. The fourth-order valence-electron chi connectivity index (χ4n) is 0. The van der Waals surface area contributed by atoms with Gasteiger partial charge in [0.2, 0.25) is 31.2 Å². The van der Waals surface area contributed by atoms with Crippen LogP contribution in [0.25, 0.3) is 0 Å². The average Bonchev–Trinajstić information content (AvgIpc) is 1.41. The molecule has 0 heterocycles. The summed E-state index contributed by atoms with van der Waals surface area (Å²) in [6, 6.07) is 0. The molecule has 13 nitrogen and oxygen atoms in total. The normalized spacial score (nSPS) is 10.2. The molecule has 0 aliphatic rings. The van der Waals surface area contributed by atoms with E-state index in [9.17, 15) is 0 Å². The molecule has 0 fully saturated rings. The first-order valence-electron chi connectivity index (χ1n) is 2.05. The summed E-state index contributed by atoms with van der Waals surface area (Å²) in [5.41, 5.74) is 0. The summed E-state index contributed by atoms with van der Waals surface area (Å²) in [5.74, 6) is 0. The maximum absolute atomic E-state index is 8.63. The van der Waals surface area contributed by atoms with E-state index < -0.39 is 31.2 Å². The van der Waals surface area contributed by atoms with Crippen molar-refractivity contribution in [1.82, 2.24) is 0 Å². The first-order valence-corrected chi connectivity index (χ1v) is 6.14. The summed E-state index contributed by atoms with van der Waals surface area (Å²) < 4.78 is 98.5. The first-order chi connectivity index (χ1) is 6.00. The fraction of sp³-hybridized carbons (Fsp3) is 0. The van der Waals surface area contributed by atoms with Gasteiger partial charge in [0, 0.05) is 0 Å². The summed E-state index contributed by atoms with van der Waals surface area (Å²) >= 11 is 0. The van der Waals surface area contributed by atoms with Crippen molar-refractivity contribution in [2.45, 2.75) is 0 Å². The number of hydrogen-bond acceptors (Lipinski definition) is 9. The Kier molecular flexibility index (Phi) is 19.9. The molecule has 1 radical (unpaired) electrons. The van der Waals surface area contributed by atoms with Crippen LogP contribution in [0.1, 0.15) is 0 Å². The van der Waals surface area contributed by atoms with Gasteiger partial charge in [-0.3, -0.25) is 13.7 Å². The Hall–Kier alpha value is 0.0895. The quantitative estimate of drug-likeness (QED) is 0.212. The monoisotopic (exact) mass is 365 g/mol. The second kappa shape index (κ2) is 11.2. The van der Waals surface area contributed by atoms with Crippen LogP contribution in [0.2, 0.25) is 0 Å². The smallest absolute Gasteiger partial charge is 0.726 e. The molecule has 0 bridgehead atoms. The minimum absolute atomic E-state index is 0. The molecule has 0 saturated carbocycles. The van der Waals surface area contributed by atoms with Gasteiger partial charge in [0.15, 0.2) is 0 Å². The molecule has 0 unspecified atom stereocenters. The van der Waals surface area contributed by atoms with Gasteiger partial charge in [-0.1, -0.05) is 0 Å².